The molecule has 0 saturated heterocycles. The summed E-state index contributed by atoms with van der Waals surface area (Å²) in [6.07, 6.45) is 1.44. The number of halogens is 1. The third-order valence-electron chi connectivity index (χ3n) is 2.35. The number of carbonyl (C=O) groups is 1. The van der Waals surface area contributed by atoms with Crippen molar-refractivity contribution in [3.05, 3.63) is 57.4 Å². The molecule has 0 aliphatic heterocycles. The number of nitro groups is 1. The van der Waals surface area contributed by atoms with Crippen LogP contribution in [-0.2, 0) is 0 Å². The van der Waals surface area contributed by atoms with Crippen LogP contribution in [0.3, 0.4) is 0 Å². The first-order chi connectivity index (χ1) is 9.49. The molecule has 8 heteroatoms. The molecule has 0 atom stereocenters. The predicted octanol–water partition coefficient (Wildman–Crippen LogP) is 3.13. The van der Waals surface area contributed by atoms with Crippen LogP contribution in [0.2, 0.25) is 5.15 Å². The van der Waals surface area contributed by atoms with Crippen LogP contribution in [0.1, 0.15) is 10.4 Å². The Labute approximate surface area is 117 Å². The van der Waals surface area contributed by atoms with Crippen molar-refractivity contribution in [1.29, 1.82) is 0 Å². The van der Waals surface area contributed by atoms with Crippen LogP contribution < -0.4 is 4.74 Å². The number of nitrogens with zero attached hydrogens (tertiary/aromatic N) is 2. The monoisotopic (exact) mass is 294 g/mol. The van der Waals surface area contributed by atoms with Crippen LogP contribution in [0.4, 0.5) is 5.69 Å². The Hall–Kier alpha value is -2.67. The molecular formula is C12H7ClN2O5. The van der Waals surface area contributed by atoms with Crippen LogP contribution in [0.25, 0.3) is 0 Å². The number of hydrogen-bond donors (Lipinski definition) is 1. The van der Waals surface area contributed by atoms with Gasteiger partial charge in [0.1, 0.15) is 0 Å². The van der Waals surface area contributed by atoms with Gasteiger partial charge in [-0.05, 0) is 24.3 Å². The summed E-state index contributed by atoms with van der Waals surface area (Å²) in [4.78, 5) is 24.8. The standard InChI is InChI=1S/C12H7ClN2O5/c13-11-10(2-1-5-14-11)20-9-4-3-7(12(16)17)6-8(9)15(18)19/h1-6H,(H,16,17). The number of aromatic carboxylic acids is 1. The highest BCUT2D eigenvalue weighted by Crippen LogP contribution is 2.34. The summed E-state index contributed by atoms with van der Waals surface area (Å²) in [5.74, 6) is -1.24. The Morgan fingerprint density at radius 3 is 2.70 bits per heavy atom. The van der Waals surface area contributed by atoms with Crippen LogP contribution in [0.5, 0.6) is 11.5 Å². The highest BCUT2D eigenvalue weighted by molar-refractivity contribution is 6.30. The second-order valence-corrected chi connectivity index (χ2v) is 4.00. The van der Waals surface area contributed by atoms with Crippen molar-refractivity contribution in [2.75, 3.05) is 0 Å². The minimum Gasteiger partial charge on any atom is -0.478 e. The van der Waals surface area contributed by atoms with Crippen molar-refractivity contribution in [3.8, 4) is 11.5 Å². The van der Waals surface area contributed by atoms with Crippen molar-refractivity contribution >= 4 is 23.3 Å². The van der Waals surface area contributed by atoms with E-state index in [4.69, 9.17) is 21.4 Å². The van der Waals surface area contributed by atoms with Crippen molar-refractivity contribution in [2.45, 2.75) is 0 Å². The van der Waals surface area contributed by atoms with E-state index in [-0.39, 0.29) is 22.2 Å². The van der Waals surface area contributed by atoms with E-state index in [1.54, 1.807) is 6.07 Å². The molecule has 0 radical (unpaired) electrons. The number of aromatic nitrogens is 1. The van der Waals surface area contributed by atoms with Crippen LogP contribution in [-0.4, -0.2) is 21.0 Å². The summed E-state index contributed by atoms with van der Waals surface area (Å²) < 4.78 is 5.31. The van der Waals surface area contributed by atoms with Gasteiger partial charge in [-0.25, -0.2) is 9.78 Å². The predicted molar refractivity (Wildman–Crippen MR) is 69.4 cm³/mol. The minimum atomic E-state index is -1.26. The first-order valence-electron chi connectivity index (χ1n) is 5.29. The van der Waals surface area contributed by atoms with Gasteiger partial charge in [0, 0.05) is 12.3 Å². The molecule has 1 N–H and O–H groups in total. The van der Waals surface area contributed by atoms with Crippen molar-refractivity contribution in [1.82, 2.24) is 4.98 Å². The second-order valence-electron chi connectivity index (χ2n) is 3.64. The normalized spacial score (nSPS) is 10.1. The highest BCUT2D eigenvalue weighted by atomic mass is 35.5. The van der Waals surface area contributed by atoms with E-state index in [1.165, 1.54) is 24.4 Å². The second kappa shape index (κ2) is 5.54. The number of ether oxygens (including phenoxy) is 1. The van der Waals surface area contributed by atoms with Gasteiger partial charge in [0.05, 0.1) is 10.5 Å². The van der Waals surface area contributed by atoms with Gasteiger partial charge in [-0.1, -0.05) is 11.6 Å². The lowest BCUT2D eigenvalue weighted by Gasteiger charge is -2.07. The molecule has 0 saturated carbocycles. The zero-order valence-corrected chi connectivity index (χ0v) is 10.6. The maximum Gasteiger partial charge on any atom is 0.335 e. The Bertz CT molecular complexity index is 689. The summed E-state index contributed by atoms with van der Waals surface area (Å²) in [5, 5.41) is 19.8. The van der Waals surface area contributed by atoms with Crippen molar-refractivity contribution in [2.24, 2.45) is 0 Å². The molecule has 2 aromatic rings. The van der Waals surface area contributed by atoms with E-state index >= 15 is 0 Å². The van der Waals surface area contributed by atoms with Gasteiger partial charge in [-0.15, -0.1) is 0 Å². The summed E-state index contributed by atoms with van der Waals surface area (Å²) in [7, 11) is 0. The lowest BCUT2D eigenvalue weighted by Crippen LogP contribution is -2.00. The molecule has 0 spiro atoms. The van der Waals surface area contributed by atoms with E-state index < -0.39 is 16.6 Å². The SMILES string of the molecule is O=C(O)c1ccc(Oc2cccnc2Cl)c([N+](=O)[O-])c1. The molecule has 1 aromatic carbocycles. The molecule has 0 unspecified atom stereocenters. The molecular weight excluding hydrogens is 288 g/mol. The van der Waals surface area contributed by atoms with Gasteiger partial charge in [0.2, 0.25) is 5.75 Å². The lowest BCUT2D eigenvalue weighted by atomic mass is 10.2. The van der Waals surface area contributed by atoms with E-state index in [1.807, 2.05) is 0 Å². The molecule has 0 aliphatic rings. The number of nitro benzene ring substituents is 1. The van der Waals surface area contributed by atoms with E-state index in [0.717, 1.165) is 6.07 Å². The molecule has 102 valence electrons. The van der Waals surface area contributed by atoms with Gasteiger partial charge in [-0.2, -0.15) is 0 Å². The lowest BCUT2D eigenvalue weighted by molar-refractivity contribution is -0.385. The van der Waals surface area contributed by atoms with Crippen LogP contribution in [0.15, 0.2) is 36.5 Å². The molecule has 0 amide bonds. The largest absolute Gasteiger partial charge is 0.478 e. The molecule has 0 bridgehead atoms. The van der Waals surface area contributed by atoms with Crippen molar-refractivity contribution in [3.63, 3.8) is 0 Å². The average Bonchev–Trinajstić information content (AvgIpc) is 2.41. The third kappa shape index (κ3) is 2.83. The van der Waals surface area contributed by atoms with Gasteiger partial charge in [0.15, 0.2) is 10.9 Å². The number of rotatable bonds is 4. The first-order valence-corrected chi connectivity index (χ1v) is 5.67. The quantitative estimate of drug-likeness (QED) is 0.528. The van der Waals surface area contributed by atoms with Crippen LogP contribution >= 0.6 is 11.6 Å². The average molecular weight is 295 g/mol. The van der Waals surface area contributed by atoms with Gasteiger partial charge < -0.3 is 9.84 Å². The Balaban J connectivity index is 2.44. The van der Waals surface area contributed by atoms with Gasteiger partial charge >= 0.3 is 11.7 Å². The summed E-state index contributed by atoms with van der Waals surface area (Å²) in [6.45, 7) is 0. The number of carboxylic acid groups (broad SMARTS) is 1. The van der Waals surface area contributed by atoms with Gasteiger partial charge in [-0.3, -0.25) is 10.1 Å². The molecule has 1 heterocycles. The molecule has 0 fully saturated rings. The Morgan fingerprint density at radius 2 is 2.10 bits per heavy atom. The fourth-order valence-corrected chi connectivity index (χ4v) is 1.60. The number of carboxylic acids is 1. The van der Waals surface area contributed by atoms with E-state index in [0.29, 0.717) is 0 Å². The van der Waals surface area contributed by atoms with Crippen LogP contribution in [0, 0.1) is 10.1 Å². The summed E-state index contributed by atoms with van der Waals surface area (Å²) in [5.41, 5.74) is -0.675. The zero-order chi connectivity index (χ0) is 14.7. The topological polar surface area (TPSA) is 103 Å². The maximum absolute atomic E-state index is 11.0. The summed E-state index contributed by atoms with van der Waals surface area (Å²) in [6, 6.07) is 6.37. The van der Waals surface area contributed by atoms with Gasteiger partial charge in [0.25, 0.3) is 0 Å². The molecule has 0 aliphatic carbocycles. The molecule has 7 nitrogen and oxygen atoms in total. The Morgan fingerprint density at radius 1 is 1.35 bits per heavy atom. The molecule has 20 heavy (non-hydrogen) atoms. The number of pyridine rings is 1. The number of hydrogen-bond acceptors (Lipinski definition) is 5. The Kier molecular flexibility index (Phi) is 3.81. The smallest absolute Gasteiger partial charge is 0.335 e. The molecule has 2 rings (SSSR count). The van der Waals surface area contributed by atoms with E-state index in [9.17, 15) is 14.9 Å². The fraction of sp³-hybridized carbons (Fsp3) is 0. The maximum atomic E-state index is 11.0. The first kappa shape index (κ1) is 13.8. The highest BCUT2D eigenvalue weighted by Gasteiger charge is 2.19. The molecule has 1 aromatic heterocycles. The third-order valence-corrected chi connectivity index (χ3v) is 2.63. The number of benzene rings is 1. The zero-order valence-electron chi connectivity index (χ0n) is 9.82. The van der Waals surface area contributed by atoms with E-state index in [2.05, 4.69) is 4.98 Å². The fourth-order valence-electron chi connectivity index (χ4n) is 1.45. The minimum absolute atomic E-state index is 0.0455. The summed E-state index contributed by atoms with van der Waals surface area (Å²) >= 11 is 5.79. The van der Waals surface area contributed by atoms with Crippen molar-refractivity contribution < 1.29 is 19.6 Å².